The van der Waals surface area contributed by atoms with Crippen LogP contribution in [0.25, 0.3) is 0 Å². The molecular formula is C11H17N3O5. The van der Waals surface area contributed by atoms with Gasteiger partial charge in [-0.05, 0) is 19.8 Å². The van der Waals surface area contributed by atoms with Gasteiger partial charge in [0.15, 0.2) is 0 Å². The summed E-state index contributed by atoms with van der Waals surface area (Å²) in [6, 6.07) is 0. The SMILES string of the molecule is CCCn1cc([N+](=O)[O-])c(=O)n(CCC(C)O)c1=O. The summed E-state index contributed by atoms with van der Waals surface area (Å²) < 4.78 is 1.96. The van der Waals surface area contributed by atoms with E-state index < -0.39 is 28.0 Å². The van der Waals surface area contributed by atoms with E-state index in [0.29, 0.717) is 13.0 Å². The first-order chi connectivity index (χ1) is 8.88. The molecule has 1 N–H and O–H groups in total. The lowest BCUT2D eigenvalue weighted by molar-refractivity contribution is -0.387. The van der Waals surface area contributed by atoms with Crippen molar-refractivity contribution in [3.05, 3.63) is 37.1 Å². The fourth-order valence-electron chi connectivity index (χ4n) is 1.68. The molecule has 19 heavy (non-hydrogen) atoms. The lowest BCUT2D eigenvalue weighted by Crippen LogP contribution is -2.41. The topological polar surface area (TPSA) is 107 Å². The van der Waals surface area contributed by atoms with E-state index in [9.17, 15) is 24.8 Å². The van der Waals surface area contributed by atoms with E-state index in [2.05, 4.69) is 0 Å². The van der Waals surface area contributed by atoms with Crippen LogP contribution in [-0.4, -0.2) is 25.3 Å². The van der Waals surface area contributed by atoms with Gasteiger partial charge in [0.05, 0.1) is 17.2 Å². The summed E-state index contributed by atoms with van der Waals surface area (Å²) in [7, 11) is 0. The second-order valence-corrected chi connectivity index (χ2v) is 4.34. The lowest BCUT2D eigenvalue weighted by Gasteiger charge is -2.10. The number of nitro groups is 1. The smallest absolute Gasteiger partial charge is 0.350 e. The van der Waals surface area contributed by atoms with Gasteiger partial charge in [0.25, 0.3) is 0 Å². The third kappa shape index (κ3) is 3.50. The zero-order valence-electron chi connectivity index (χ0n) is 10.9. The average Bonchev–Trinajstić information content (AvgIpc) is 2.31. The zero-order valence-corrected chi connectivity index (χ0v) is 10.9. The van der Waals surface area contributed by atoms with Crippen molar-refractivity contribution in [3.63, 3.8) is 0 Å². The number of aliphatic hydroxyl groups is 1. The van der Waals surface area contributed by atoms with Gasteiger partial charge in [-0.3, -0.25) is 24.0 Å². The Labute approximate surface area is 109 Å². The largest absolute Gasteiger partial charge is 0.393 e. The van der Waals surface area contributed by atoms with Crippen molar-refractivity contribution in [1.29, 1.82) is 0 Å². The molecule has 106 valence electrons. The zero-order chi connectivity index (χ0) is 14.6. The minimum atomic E-state index is -0.928. The van der Waals surface area contributed by atoms with Crippen LogP contribution in [0.15, 0.2) is 15.8 Å². The van der Waals surface area contributed by atoms with Gasteiger partial charge in [0, 0.05) is 13.1 Å². The highest BCUT2D eigenvalue weighted by Gasteiger charge is 2.19. The molecule has 0 aliphatic carbocycles. The molecule has 0 spiro atoms. The summed E-state index contributed by atoms with van der Waals surface area (Å²) in [6.07, 6.45) is 1.09. The molecule has 0 radical (unpaired) electrons. The molecule has 1 heterocycles. The fraction of sp³-hybridized carbons (Fsp3) is 0.636. The Balaban J connectivity index is 3.37. The Morgan fingerprint density at radius 2 is 2.05 bits per heavy atom. The Morgan fingerprint density at radius 1 is 1.42 bits per heavy atom. The second-order valence-electron chi connectivity index (χ2n) is 4.34. The van der Waals surface area contributed by atoms with Crippen LogP contribution < -0.4 is 11.2 Å². The molecule has 1 aromatic heterocycles. The van der Waals surface area contributed by atoms with Gasteiger partial charge in [-0.2, -0.15) is 0 Å². The Bertz CT molecular complexity index is 573. The molecule has 1 unspecified atom stereocenters. The van der Waals surface area contributed by atoms with Crippen LogP contribution >= 0.6 is 0 Å². The summed E-state index contributed by atoms with van der Waals surface area (Å²) >= 11 is 0. The van der Waals surface area contributed by atoms with E-state index in [1.54, 1.807) is 0 Å². The number of aromatic nitrogens is 2. The summed E-state index contributed by atoms with van der Waals surface area (Å²) in [5, 5.41) is 20.0. The van der Waals surface area contributed by atoms with Gasteiger partial charge in [-0.15, -0.1) is 0 Å². The molecule has 1 atom stereocenters. The predicted octanol–water partition coefficient (Wildman–Crippen LogP) is 0.0991. The van der Waals surface area contributed by atoms with E-state index in [4.69, 9.17) is 0 Å². The third-order valence-electron chi connectivity index (χ3n) is 2.65. The molecule has 0 bridgehead atoms. The summed E-state index contributed by atoms with van der Waals surface area (Å²) in [6.45, 7) is 3.60. The Hall–Kier alpha value is -1.96. The van der Waals surface area contributed by atoms with Gasteiger partial charge in [0.1, 0.15) is 0 Å². The van der Waals surface area contributed by atoms with E-state index in [0.717, 1.165) is 15.3 Å². The number of aryl methyl sites for hydroxylation is 1. The maximum atomic E-state index is 12.0. The third-order valence-corrected chi connectivity index (χ3v) is 2.65. The Morgan fingerprint density at radius 3 is 2.53 bits per heavy atom. The minimum absolute atomic E-state index is 0.0409. The second kappa shape index (κ2) is 6.28. The normalized spacial score (nSPS) is 12.4. The lowest BCUT2D eigenvalue weighted by atomic mass is 10.3. The molecule has 0 aliphatic rings. The van der Waals surface area contributed by atoms with Crippen LogP contribution in [0.4, 0.5) is 5.69 Å². The summed E-state index contributed by atoms with van der Waals surface area (Å²) in [5.41, 5.74) is -2.14. The monoisotopic (exact) mass is 271 g/mol. The molecular weight excluding hydrogens is 254 g/mol. The van der Waals surface area contributed by atoms with Gasteiger partial charge < -0.3 is 5.11 Å². The number of rotatable bonds is 6. The molecule has 0 saturated heterocycles. The standard InChI is InChI=1S/C11H17N3O5/c1-3-5-12-7-9(14(18)19)10(16)13(11(12)17)6-4-8(2)15/h7-8,15H,3-6H2,1-2H3. The maximum Gasteiger partial charge on any atom is 0.350 e. The van der Waals surface area contributed by atoms with Crippen molar-refractivity contribution in [3.8, 4) is 0 Å². The number of aliphatic hydroxyl groups excluding tert-OH is 1. The molecule has 1 aromatic rings. The van der Waals surface area contributed by atoms with Crippen molar-refractivity contribution < 1.29 is 10.0 Å². The van der Waals surface area contributed by atoms with E-state index in [-0.39, 0.29) is 13.0 Å². The van der Waals surface area contributed by atoms with Crippen LogP contribution in [0.5, 0.6) is 0 Å². The predicted molar refractivity (Wildman–Crippen MR) is 68.2 cm³/mol. The van der Waals surface area contributed by atoms with Crippen molar-refractivity contribution in [2.45, 2.75) is 45.9 Å². The molecule has 8 heteroatoms. The highest BCUT2D eigenvalue weighted by molar-refractivity contribution is 5.21. The van der Waals surface area contributed by atoms with Crippen LogP contribution in [0.1, 0.15) is 26.7 Å². The number of nitrogens with zero attached hydrogens (tertiary/aromatic N) is 3. The van der Waals surface area contributed by atoms with Gasteiger partial charge in [0.2, 0.25) is 0 Å². The van der Waals surface area contributed by atoms with E-state index in [1.165, 1.54) is 6.92 Å². The van der Waals surface area contributed by atoms with Gasteiger partial charge >= 0.3 is 16.9 Å². The minimum Gasteiger partial charge on any atom is -0.393 e. The van der Waals surface area contributed by atoms with Crippen LogP contribution in [0.2, 0.25) is 0 Å². The quantitative estimate of drug-likeness (QED) is 0.583. The molecule has 0 aromatic carbocycles. The number of hydrogen-bond donors (Lipinski definition) is 1. The molecule has 8 nitrogen and oxygen atoms in total. The van der Waals surface area contributed by atoms with E-state index in [1.807, 2.05) is 6.92 Å². The first-order valence-electron chi connectivity index (χ1n) is 6.05. The first-order valence-corrected chi connectivity index (χ1v) is 6.05. The molecule has 0 amide bonds. The molecule has 0 fully saturated rings. The van der Waals surface area contributed by atoms with Gasteiger partial charge in [-0.1, -0.05) is 6.92 Å². The van der Waals surface area contributed by atoms with Crippen LogP contribution in [-0.2, 0) is 13.1 Å². The highest BCUT2D eigenvalue weighted by atomic mass is 16.6. The van der Waals surface area contributed by atoms with Crippen LogP contribution in [0.3, 0.4) is 0 Å². The van der Waals surface area contributed by atoms with Crippen molar-refractivity contribution in [1.82, 2.24) is 9.13 Å². The van der Waals surface area contributed by atoms with Crippen LogP contribution in [0, 0.1) is 10.1 Å². The molecule has 1 rings (SSSR count). The molecule has 0 aliphatic heterocycles. The highest BCUT2D eigenvalue weighted by Crippen LogP contribution is 2.02. The summed E-state index contributed by atoms with van der Waals surface area (Å²) in [4.78, 5) is 33.8. The molecule has 0 saturated carbocycles. The maximum absolute atomic E-state index is 12.0. The van der Waals surface area contributed by atoms with Crippen molar-refractivity contribution in [2.75, 3.05) is 0 Å². The van der Waals surface area contributed by atoms with Gasteiger partial charge in [-0.25, -0.2) is 4.79 Å². The van der Waals surface area contributed by atoms with E-state index >= 15 is 0 Å². The first kappa shape index (κ1) is 15.1. The fourth-order valence-corrected chi connectivity index (χ4v) is 1.68. The van der Waals surface area contributed by atoms with Crippen molar-refractivity contribution >= 4 is 5.69 Å². The average molecular weight is 271 g/mol. The van der Waals surface area contributed by atoms with Crippen molar-refractivity contribution in [2.24, 2.45) is 0 Å². The summed E-state index contributed by atoms with van der Waals surface area (Å²) in [5.74, 6) is 0. The number of hydrogen-bond acceptors (Lipinski definition) is 5. The Kier molecular flexibility index (Phi) is 4.99.